The number of carbonyl (C=O) groups excluding carboxylic acids is 3. The molecule has 1 aromatic heterocycles. The second-order valence-corrected chi connectivity index (χ2v) is 9.18. The number of hydrogen-bond acceptors (Lipinski definition) is 7. The lowest BCUT2D eigenvalue weighted by molar-refractivity contribution is -0.147. The molecule has 174 valence electrons. The minimum absolute atomic E-state index is 0.0722. The molecule has 1 aliphatic carbocycles. The number of aromatic nitrogens is 2. The zero-order chi connectivity index (χ0) is 22.9. The van der Waals surface area contributed by atoms with Gasteiger partial charge in [0.2, 0.25) is 29.4 Å². The lowest BCUT2D eigenvalue weighted by atomic mass is 9.81. The summed E-state index contributed by atoms with van der Waals surface area (Å²) in [7, 11) is 0. The molecular formula is C24H29N5O4. The van der Waals surface area contributed by atoms with E-state index in [1.807, 2.05) is 37.3 Å². The van der Waals surface area contributed by atoms with Gasteiger partial charge in [-0.2, -0.15) is 4.98 Å². The maximum atomic E-state index is 12.9. The highest BCUT2D eigenvalue weighted by Crippen LogP contribution is 2.38. The van der Waals surface area contributed by atoms with Gasteiger partial charge in [0.15, 0.2) is 0 Å². The zero-order valence-corrected chi connectivity index (χ0v) is 18.9. The van der Waals surface area contributed by atoms with Gasteiger partial charge in [-0.05, 0) is 19.8 Å². The normalized spacial score (nSPS) is 24.8. The second kappa shape index (κ2) is 9.05. The van der Waals surface area contributed by atoms with E-state index in [1.54, 1.807) is 4.90 Å². The minimum atomic E-state index is -0.216. The first kappa shape index (κ1) is 21.8. The Kier molecular flexibility index (Phi) is 5.97. The van der Waals surface area contributed by atoms with Gasteiger partial charge in [-0.3, -0.25) is 24.2 Å². The van der Waals surface area contributed by atoms with Crippen molar-refractivity contribution in [2.75, 3.05) is 32.7 Å². The van der Waals surface area contributed by atoms with Crippen molar-refractivity contribution in [3.8, 4) is 11.4 Å². The van der Waals surface area contributed by atoms with E-state index in [0.29, 0.717) is 37.9 Å². The fourth-order valence-corrected chi connectivity index (χ4v) is 5.25. The average molecular weight is 452 g/mol. The summed E-state index contributed by atoms with van der Waals surface area (Å²) in [5.41, 5.74) is 0.904. The number of carbonyl (C=O) groups is 3. The fraction of sp³-hybridized carbons (Fsp3) is 0.542. The molecule has 1 aromatic carbocycles. The molecule has 2 saturated heterocycles. The Hall–Kier alpha value is -3.07. The summed E-state index contributed by atoms with van der Waals surface area (Å²) >= 11 is 0. The number of hydrogen-bond donors (Lipinski definition) is 0. The minimum Gasteiger partial charge on any atom is -0.339 e. The van der Waals surface area contributed by atoms with Crippen LogP contribution in [-0.2, 0) is 14.4 Å². The Bertz CT molecular complexity index is 1010. The predicted molar refractivity (Wildman–Crippen MR) is 118 cm³/mol. The van der Waals surface area contributed by atoms with Crippen LogP contribution in [0.4, 0.5) is 0 Å². The maximum Gasteiger partial charge on any atom is 0.244 e. The third-order valence-electron chi connectivity index (χ3n) is 7.27. The first-order valence-corrected chi connectivity index (χ1v) is 11.8. The summed E-state index contributed by atoms with van der Waals surface area (Å²) in [5, 5.41) is 4.10. The highest BCUT2D eigenvalue weighted by molar-refractivity contribution is 6.07. The van der Waals surface area contributed by atoms with Crippen molar-refractivity contribution in [3.05, 3.63) is 36.2 Å². The summed E-state index contributed by atoms with van der Waals surface area (Å²) in [6.07, 6.45) is 3.49. The molecule has 2 aliphatic heterocycles. The van der Waals surface area contributed by atoms with Crippen LogP contribution in [0.5, 0.6) is 0 Å². The van der Waals surface area contributed by atoms with Crippen molar-refractivity contribution < 1.29 is 18.9 Å². The number of benzene rings is 1. The van der Waals surface area contributed by atoms with E-state index in [-0.39, 0.29) is 42.1 Å². The van der Waals surface area contributed by atoms with Crippen LogP contribution in [0.25, 0.3) is 11.4 Å². The molecule has 0 spiro atoms. The SMILES string of the molecule is CC(c1nc(-c2ccccc2)no1)N1CCN(C(=O)CN2C(=O)C3CCCCC3C2=O)CC1. The summed E-state index contributed by atoms with van der Waals surface area (Å²) in [6.45, 7) is 4.26. The van der Waals surface area contributed by atoms with E-state index in [4.69, 9.17) is 4.52 Å². The first-order chi connectivity index (χ1) is 16.0. The van der Waals surface area contributed by atoms with Gasteiger partial charge < -0.3 is 9.42 Å². The Morgan fingerprint density at radius 2 is 1.67 bits per heavy atom. The molecule has 0 radical (unpaired) electrons. The third-order valence-corrected chi connectivity index (χ3v) is 7.27. The van der Waals surface area contributed by atoms with E-state index in [9.17, 15) is 14.4 Å². The van der Waals surface area contributed by atoms with Gasteiger partial charge in [0.1, 0.15) is 6.54 Å². The molecule has 3 unspecified atom stereocenters. The Balaban J connectivity index is 1.16. The van der Waals surface area contributed by atoms with Crippen molar-refractivity contribution in [2.45, 2.75) is 38.6 Å². The molecule has 5 rings (SSSR count). The molecule has 33 heavy (non-hydrogen) atoms. The molecule has 3 atom stereocenters. The number of fused-ring (bicyclic) bond motifs is 1. The highest BCUT2D eigenvalue weighted by Gasteiger charge is 2.48. The number of piperazine rings is 1. The van der Waals surface area contributed by atoms with Crippen LogP contribution < -0.4 is 0 Å². The van der Waals surface area contributed by atoms with Crippen LogP contribution in [-0.4, -0.2) is 75.3 Å². The summed E-state index contributed by atoms with van der Waals surface area (Å²) in [4.78, 5) is 47.9. The van der Waals surface area contributed by atoms with Gasteiger partial charge in [-0.25, -0.2) is 0 Å². The van der Waals surface area contributed by atoms with Crippen molar-refractivity contribution in [1.82, 2.24) is 24.8 Å². The summed E-state index contributed by atoms with van der Waals surface area (Å²) < 4.78 is 5.50. The molecule has 3 fully saturated rings. The lowest BCUT2D eigenvalue weighted by Crippen LogP contribution is -2.52. The van der Waals surface area contributed by atoms with Crippen LogP contribution in [0, 0.1) is 11.8 Å². The van der Waals surface area contributed by atoms with Crippen LogP contribution >= 0.6 is 0 Å². The Labute approximate surface area is 192 Å². The Morgan fingerprint density at radius 3 is 2.30 bits per heavy atom. The standard InChI is InChI=1S/C24H29N5O4/c1-16(22-25-21(26-33-22)17-7-3-2-4-8-17)27-11-13-28(14-12-27)20(30)15-29-23(31)18-9-5-6-10-19(18)24(29)32/h2-4,7-8,16,18-19H,5-6,9-15H2,1H3. The third kappa shape index (κ3) is 4.17. The smallest absolute Gasteiger partial charge is 0.244 e. The predicted octanol–water partition coefficient (Wildman–Crippen LogP) is 2.12. The highest BCUT2D eigenvalue weighted by atomic mass is 16.5. The van der Waals surface area contributed by atoms with Crippen molar-refractivity contribution in [2.24, 2.45) is 11.8 Å². The number of likely N-dealkylation sites (tertiary alicyclic amines) is 1. The average Bonchev–Trinajstić information content (AvgIpc) is 3.45. The van der Waals surface area contributed by atoms with Crippen molar-refractivity contribution in [3.63, 3.8) is 0 Å². The van der Waals surface area contributed by atoms with E-state index in [2.05, 4.69) is 15.0 Å². The topological polar surface area (TPSA) is 99.8 Å². The molecule has 9 heteroatoms. The number of nitrogens with zero attached hydrogens (tertiary/aromatic N) is 5. The zero-order valence-electron chi connectivity index (χ0n) is 18.9. The van der Waals surface area contributed by atoms with E-state index in [1.165, 1.54) is 4.90 Å². The van der Waals surface area contributed by atoms with E-state index in [0.717, 1.165) is 31.2 Å². The fourth-order valence-electron chi connectivity index (χ4n) is 5.25. The van der Waals surface area contributed by atoms with Gasteiger partial charge in [0.05, 0.1) is 17.9 Å². The first-order valence-electron chi connectivity index (χ1n) is 11.8. The van der Waals surface area contributed by atoms with Crippen molar-refractivity contribution in [1.29, 1.82) is 0 Å². The number of amides is 3. The van der Waals surface area contributed by atoms with Crippen LogP contribution in [0.15, 0.2) is 34.9 Å². The van der Waals surface area contributed by atoms with Gasteiger partial charge in [0.25, 0.3) is 0 Å². The molecule has 0 N–H and O–H groups in total. The molecule has 1 saturated carbocycles. The summed E-state index contributed by atoms with van der Waals surface area (Å²) in [6, 6.07) is 9.61. The van der Waals surface area contributed by atoms with E-state index >= 15 is 0 Å². The Morgan fingerprint density at radius 1 is 1.03 bits per heavy atom. The van der Waals surface area contributed by atoms with Crippen LogP contribution in [0.1, 0.15) is 44.5 Å². The number of imide groups is 1. The molecule has 0 bridgehead atoms. The largest absolute Gasteiger partial charge is 0.339 e. The van der Waals surface area contributed by atoms with Crippen LogP contribution in [0.2, 0.25) is 0 Å². The molecule has 2 aromatic rings. The molecule has 3 heterocycles. The van der Waals surface area contributed by atoms with Gasteiger partial charge in [-0.15, -0.1) is 0 Å². The number of rotatable bonds is 5. The second-order valence-electron chi connectivity index (χ2n) is 9.18. The monoisotopic (exact) mass is 451 g/mol. The van der Waals surface area contributed by atoms with Crippen molar-refractivity contribution >= 4 is 17.7 Å². The van der Waals surface area contributed by atoms with Crippen LogP contribution in [0.3, 0.4) is 0 Å². The van der Waals surface area contributed by atoms with Gasteiger partial charge in [-0.1, -0.05) is 48.3 Å². The maximum absolute atomic E-state index is 12.9. The van der Waals surface area contributed by atoms with Gasteiger partial charge in [0, 0.05) is 31.7 Å². The van der Waals surface area contributed by atoms with E-state index < -0.39 is 0 Å². The van der Waals surface area contributed by atoms with Gasteiger partial charge >= 0.3 is 0 Å². The lowest BCUT2D eigenvalue weighted by Gasteiger charge is -2.37. The summed E-state index contributed by atoms with van der Waals surface area (Å²) in [5.74, 6) is 0.203. The quantitative estimate of drug-likeness (QED) is 0.642. The molecule has 9 nitrogen and oxygen atoms in total. The molecule has 3 amide bonds. The molecular weight excluding hydrogens is 422 g/mol. The molecule has 3 aliphatic rings.